The molecule has 2 amide bonds. The maximum atomic E-state index is 12.6. The number of aromatic amines is 1. The Morgan fingerprint density at radius 1 is 1.00 bits per heavy atom. The number of rotatable bonds is 6. The summed E-state index contributed by atoms with van der Waals surface area (Å²) in [7, 11) is 0. The van der Waals surface area contributed by atoms with Gasteiger partial charge in [-0.2, -0.15) is 0 Å². The summed E-state index contributed by atoms with van der Waals surface area (Å²) in [5.41, 5.74) is 2.40. The second-order valence-electron chi connectivity index (χ2n) is 8.26. The van der Waals surface area contributed by atoms with Crippen molar-refractivity contribution in [2.75, 3.05) is 6.54 Å². The summed E-state index contributed by atoms with van der Waals surface area (Å²) in [5.74, 6) is 1.44. The van der Waals surface area contributed by atoms with Gasteiger partial charge in [0.05, 0.1) is 35.5 Å². The minimum atomic E-state index is -0.301. The van der Waals surface area contributed by atoms with E-state index < -0.39 is 0 Å². The normalized spacial score (nSPS) is 15.8. The summed E-state index contributed by atoms with van der Waals surface area (Å²) in [6.45, 7) is 3.99. The van der Waals surface area contributed by atoms with Crippen molar-refractivity contribution < 1.29 is 14.0 Å². The number of aryl methyl sites for hydroxylation is 1. The van der Waals surface area contributed by atoms with Gasteiger partial charge in [-0.15, -0.1) is 0 Å². The number of nitrogens with one attached hydrogen (secondary N) is 1. The van der Waals surface area contributed by atoms with Crippen molar-refractivity contribution >= 4 is 11.8 Å². The number of hydrogen-bond acceptors (Lipinski definition) is 6. The molecule has 0 aliphatic carbocycles. The lowest BCUT2D eigenvalue weighted by Gasteiger charge is -2.26. The summed E-state index contributed by atoms with van der Waals surface area (Å²) in [6, 6.07) is 10.5. The predicted molar refractivity (Wildman–Crippen MR) is 116 cm³/mol. The van der Waals surface area contributed by atoms with Crippen LogP contribution in [0.1, 0.15) is 62.7 Å². The van der Waals surface area contributed by atoms with Gasteiger partial charge in [0.15, 0.2) is 0 Å². The molecule has 0 unspecified atom stereocenters. The zero-order valence-electron chi connectivity index (χ0n) is 17.9. The lowest BCUT2D eigenvalue weighted by atomic mass is 10.1. The van der Waals surface area contributed by atoms with Gasteiger partial charge in [-0.1, -0.05) is 19.1 Å². The number of furan rings is 1. The van der Waals surface area contributed by atoms with Gasteiger partial charge in [0.25, 0.3) is 17.4 Å². The molecule has 5 rings (SSSR count). The van der Waals surface area contributed by atoms with Crippen LogP contribution in [0.25, 0.3) is 0 Å². The van der Waals surface area contributed by atoms with Crippen molar-refractivity contribution in [3.63, 3.8) is 0 Å². The van der Waals surface area contributed by atoms with Crippen molar-refractivity contribution in [3.05, 3.63) is 86.5 Å². The number of nitrogens with zero attached hydrogens (tertiary/aromatic N) is 3. The lowest BCUT2D eigenvalue weighted by Crippen LogP contribution is -2.35. The Labute approximate surface area is 184 Å². The fraction of sp³-hybridized carbons (Fsp3) is 0.333. The molecule has 0 saturated carbocycles. The smallest absolute Gasteiger partial charge is 0.261 e. The molecule has 8 heteroatoms. The fourth-order valence-electron chi connectivity index (χ4n) is 4.37. The molecule has 2 aliphatic rings. The van der Waals surface area contributed by atoms with E-state index in [1.807, 2.05) is 6.07 Å². The van der Waals surface area contributed by atoms with Crippen LogP contribution in [0.15, 0.2) is 45.6 Å². The zero-order valence-corrected chi connectivity index (χ0v) is 17.9. The van der Waals surface area contributed by atoms with E-state index in [1.165, 1.54) is 4.90 Å². The molecule has 0 radical (unpaired) electrons. The number of benzene rings is 1. The molecule has 164 valence electrons. The van der Waals surface area contributed by atoms with E-state index >= 15 is 0 Å². The molecule has 3 aromatic rings. The lowest BCUT2D eigenvalue weighted by molar-refractivity contribution is 0.0630. The Balaban J connectivity index is 1.25. The molecule has 2 aromatic heterocycles. The van der Waals surface area contributed by atoms with E-state index in [0.717, 1.165) is 43.1 Å². The average molecular weight is 432 g/mol. The molecule has 4 heterocycles. The summed E-state index contributed by atoms with van der Waals surface area (Å²) in [6.07, 6.45) is 2.43. The minimum absolute atomic E-state index is 0.0612. The maximum Gasteiger partial charge on any atom is 0.261 e. The largest absolute Gasteiger partial charge is 0.463 e. The van der Waals surface area contributed by atoms with Crippen LogP contribution in [-0.4, -0.2) is 38.1 Å². The topological polar surface area (TPSA) is 99.5 Å². The molecule has 0 saturated heterocycles. The van der Waals surface area contributed by atoms with Crippen LogP contribution >= 0.6 is 0 Å². The van der Waals surface area contributed by atoms with Crippen LogP contribution in [0.2, 0.25) is 0 Å². The summed E-state index contributed by atoms with van der Waals surface area (Å²) in [4.78, 5) is 48.5. The maximum absolute atomic E-state index is 12.6. The predicted octanol–water partition coefficient (Wildman–Crippen LogP) is 2.67. The third kappa shape index (κ3) is 3.67. The van der Waals surface area contributed by atoms with E-state index in [-0.39, 0.29) is 23.9 Å². The van der Waals surface area contributed by atoms with Crippen molar-refractivity contribution in [1.82, 2.24) is 19.8 Å². The first kappa shape index (κ1) is 20.4. The van der Waals surface area contributed by atoms with E-state index in [2.05, 4.69) is 21.8 Å². The molecular weight excluding hydrogens is 408 g/mol. The SMILES string of the molecule is CCCc1nc2c(c(=O)[nH]1)CN(Cc1ccc(CN3C(=O)c4ccccc4C3=O)o1)CC2. The third-order valence-corrected chi connectivity index (χ3v) is 5.97. The number of carbonyl (C=O) groups excluding carboxylic acids is 2. The highest BCUT2D eigenvalue weighted by Gasteiger charge is 2.35. The molecule has 32 heavy (non-hydrogen) atoms. The highest BCUT2D eigenvalue weighted by atomic mass is 16.3. The highest BCUT2D eigenvalue weighted by molar-refractivity contribution is 6.21. The molecular formula is C24H24N4O4. The number of amides is 2. The molecule has 0 fully saturated rings. The van der Waals surface area contributed by atoms with Crippen molar-refractivity contribution in [3.8, 4) is 0 Å². The molecule has 8 nitrogen and oxygen atoms in total. The first-order chi connectivity index (χ1) is 15.5. The van der Waals surface area contributed by atoms with E-state index in [4.69, 9.17) is 4.42 Å². The number of fused-ring (bicyclic) bond motifs is 2. The van der Waals surface area contributed by atoms with Crippen LogP contribution in [0, 0.1) is 0 Å². The van der Waals surface area contributed by atoms with Gasteiger partial charge in [-0.05, 0) is 30.7 Å². The van der Waals surface area contributed by atoms with Gasteiger partial charge >= 0.3 is 0 Å². The number of H-pyrrole nitrogens is 1. The fourth-order valence-corrected chi connectivity index (χ4v) is 4.37. The highest BCUT2D eigenvalue weighted by Crippen LogP contribution is 2.25. The molecule has 1 N–H and O–H groups in total. The summed E-state index contributed by atoms with van der Waals surface area (Å²) >= 11 is 0. The van der Waals surface area contributed by atoms with Gasteiger partial charge in [0, 0.05) is 25.9 Å². The van der Waals surface area contributed by atoms with Crippen molar-refractivity contribution in [1.29, 1.82) is 0 Å². The van der Waals surface area contributed by atoms with Gasteiger partial charge < -0.3 is 9.40 Å². The Kier molecular flexibility index (Phi) is 5.22. The van der Waals surface area contributed by atoms with E-state index in [0.29, 0.717) is 35.5 Å². The van der Waals surface area contributed by atoms with Gasteiger partial charge in [0.1, 0.15) is 17.3 Å². The van der Waals surface area contributed by atoms with Crippen LogP contribution in [0.5, 0.6) is 0 Å². The second kappa shape index (κ2) is 8.20. The molecule has 2 aliphatic heterocycles. The summed E-state index contributed by atoms with van der Waals surface area (Å²) < 4.78 is 5.92. The molecule has 0 bridgehead atoms. The monoisotopic (exact) mass is 432 g/mol. The molecule has 0 spiro atoms. The number of hydrogen-bond donors (Lipinski definition) is 1. The standard InChI is InChI=1S/C24H24N4O4/c1-2-5-21-25-20-10-11-27(14-19(20)22(29)26-21)12-15-8-9-16(32-15)13-28-23(30)17-6-3-4-7-18(17)24(28)31/h3-4,6-9H,2,5,10-14H2,1H3,(H,25,26,29). The Hall–Kier alpha value is -3.52. The Morgan fingerprint density at radius 2 is 1.69 bits per heavy atom. The number of imide groups is 1. The quantitative estimate of drug-likeness (QED) is 0.601. The molecule has 0 atom stereocenters. The van der Waals surface area contributed by atoms with E-state index in [9.17, 15) is 14.4 Å². The van der Waals surface area contributed by atoms with Gasteiger partial charge in [-0.3, -0.25) is 24.2 Å². The van der Waals surface area contributed by atoms with Crippen molar-refractivity contribution in [2.24, 2.45) is 0 Å². The molecule has 1 aromatic carbocycles. The minimum Gasteiger partial charge on any atom is -0.463 e. The number of aromatic nitrogens is 2. The van der Waals surface area contributed by atoms with Crippen LogP contribution in [-0.2, 0) is 32.5 Å². The Morgan fingerprint density at radius 3 is 2.38 bits per heavy atom. The van der Waals surface area contributed by atoms with E-state index in [1.54, 1.807) is 30.3 Å². The van der Waals surface area contributed by atoms with Crippen molar-refractivity contribution in [2.45, 2.75) is 45.8 Å². The first-order valence-electron chi connectivity index (χ1n) is 10.9. The second-order valence-corrected chi connectivity index (χ2v) is 8.26. The van der Waals surface area contributed by atoms with Crippen LogP contribution < -0.4 is 5.56 Å². The van der Waals surface area contributed by atoms with Crippen LogP contribution in [0.3, 0.4) is 0 Å². The van der Waals surface area contributed by atoms with Gasteiger partial charge in [0.2, 0.25) is 0 Å². The zero-order chi connectivity index (χ0) is 22.2. The first-order valence-corrected chi connectivity index (χ1v) is 10.9. The van der Waals surface area contributed by atoms with Gasteiger partial charge in [-0.25, -0.2) is 4.98 Å². The Bertz CT molecular complexity index is 1220. The average Bonchev–Trinajstić information content (AvgIpc) is 3.33. The summed E-state index contributed by atoms with van der Waals surface area (Å²) in [5, 5.41) is 0. The number of carbonyl (C=O) groups is 2. The third-order valence-electron chi connectivity index (χ3n) is 5.97. The van der Waals surface area contributed by atoms with Crippen LogP contribution in [0.4, 0.5) is 0 Å².